The van der Waals surface area contributed by atoms with Crippen LogP contribution in [-0.4, -0.2) is 42.2 Å². The quantitative estimate of drug-likeness (QED) is 0.772. The highest BCUT2D eigenvalue weighted by Crippen LogP contribution is 2.01. The van der Waals surface area contributed by atoms with Crippen LogP contribution in [-0.2, 0) is 6.54 Å². The number of β-amino-alcohol motifs (C(OH)–C–C–N with tert-alkyl or cyclic N) is 1. The summed E-state index contributed by atoms with van der Waals surface area (Å²) in [5, 5.41) is 12.2. The zero-order valence-corrected chi connectivity index (χ0v) is 9.26. The SMILES string of the molecule is OCCN1CCN=C1NCc1ccccc1. The van der Waals surface area contributed by atoms with Gasteiger partial charge in [0.15, 0.2) is 5.96 Å². The fourth-order valence-electron chi connectivity index (χ4n) is 1.77. The Bertz CT molecular complexity index is 351. The summed E-state index contributed by atoms with van der Waals surface area (Å²) in [6, 6.07) is 10.2. The molecule has 4 heteroatoms. The van der Waals surface area contributed by atoms with E-state index in [4.69, 9.17) is 5.11 Å². The van der Waals surface area contributed by atoms with Crippen LogP contribution in [0.3, 0.4) is 0 Å². The monoisotopic (exact) mass is 219 g/mol. The molecule has 0 saturated carbocycles. The Balaban J connectivity index is 1.86. The molecule has 0 atom stereocenters. The van der Waals surface area contributed by atoms with Gasteiger partial charge in [0.1, 0.15) is 0 Å². The van der Waals surface area contributed by atoms with Crippen molar-refractivity contribution in [2.45, 2.75) is 6.54 Å². The predicted molar refractivity (Wildman–Crippen MR) is 64.2 cm³/mol. The molecule has 2 N–H and O–H groups in total. The minimum absolute atomic E-state index is 0.173. The molecule has 0 amide bonds. The van der Waals surface area contributed by atoms with Gasteiger partial charge in [0.25, 0.3) is 0 Å². The van der Waals surface area contributed by atoms with Gasteiger partial charge in [-0.15, -0.1) is 0 Å². The molecule has 1 aromatic carbocycles. The van der Waals surface area contributed by atoms with E-state index < -0.39 is 0 Å². The fraction of sp³-hybridized carbons (Fsp3) is 0.417. The summed E-state index contributed by atoms with van der Waals surface area (Å²) in [5.41, 5.74) is 1.24. The van der Waals surface area contributed by atoms with Gasteiger partial charge in [-0.05, 0) is 5.56 Å². The van der Waals surface area contributed by atoms with Gasteiger partial charge in [0.2, 0.25) is 0 Å². The molecule has 0 aromatic heterocycles. The van der Waals surface area contributed by atoms with E-state index in [0.29, 0.717) is 6.54 Å². The number of hydrogen-bond donors (Lipinski definition) is 2. The van der Waals surface area contributed by atoms with E-state index in [1.165, 1.54) is 5.56 Å². The maximum atomic E-state index is 8.91. The van der Waals surface area contributed by atoms with Gasteiger partial charge in [0, 0.05) is 19.6 Å². The lowest BCUT2D eigenvalue weighted by molar-refractivity contribution is 0.254. The normalized spacial score (nSPS) is 15.1. The van der Waals surface area contributed by atoms with Crippen LogP contribution in [0.4, 0.5) is 0 Å². The van der Waals surface area contributed by atoms with Crippen molar-refractivity contribution in [3.8, 4) is 0 Å². The third-order valence-corrected chi connectivity index (χ3v) is 2.59. The Morgan fingerprint density at radius 3 is 2.88 bits per heavy atom. The largest absolute Gasteiger partial charge is 0.395 e. The molecule has 0 bridgehead atoms. The molecule has 0 unspecified atom stereocenters. The van der Waals surface area contributed by atoms with Gasteiger partial charge >= 0.3 is 0 Å². The number of rotatable bonds is 4. The van der Waals surface area contributed by atoms with Gasteiger partial charge in [-0.3, -0.25) is 4.99 Å². The zero-order valence-electron chi connectivity index (χ0n) is 9.26. The smallest absolute Gasteiger partial charge is 0.194 e. The van der Waals surface area contributed by atoms with Crippen LogP contribution in [0.5, 0.6) is 0 Å². The van der Waals surface area contributed by atoms with Gasteiger partial charge in [-0.25, -0.2) is 0 Å². The molecule has 1 aliphatic heterocycles. The van der Waals surface area contributed by atoms with Gasteiger partial charge in [-0.2, -0.15) is 0 Å². The minimum atomic E-state index is 0.173. The first kappa shape index (κ1) is 11.0. The standard InChI is InChI=1S/C12H17N3O/c16-9-8-15-7-6-13-12(15)14-10-11-4-2-1-3-5-11/h1-5,16H,6-10H2,(H,13,14). The Morgan fingerprint density at radius 1 is 1.31 bits per heavy atom. The van der Waals surface area contributed by atoms with Crippen molar-refractivity contribution >= 4 is 5.96 Å². The van der Waals surface area contributed by atoms with Crippen LogP contribution < -0.4 is 5.32 Å². The van der Waals surface area contributed by atoms with Crippen LogP contribution in [0.15, 0.2) is 35.3 Å². The molecule has 1 aromatic rings. The molecule has 86 valence electrons. The Morgan fingerprint density at radius 2 is 2.12 bits per heavy atom. The molecule has 0 aliphatic carbocycles. The first-order chi connectivity index (χ1) is 7.90. The molecule has 1 aliphatic rings. The number of hydrogen-bond acceptors (Lipinski definition) is 4. The van der Waals surface area contributed by atoms with Crippen molar-refractivity contribution in [2.24, 2.45) is 4.99 Å². The Kier molecular flexibility index (Phi) is 3.77. The highest BCUT2D eigenvalue weighted by Gasteiger charge is 2.15. The molecule has 16 heavy (non-hydrogen) atoms. The summed E-state index contributed by atoms with van der Waals surface area (Å²) in [7, 11) is 0. The molecule has 0 radical (unpaired) electrons. The lowest BCUT2D eigenvalue weighted by Gasteiger charge is -2.19. The van der Waals surface area contributed by atoms with Crippen LogP contribution >= 0.6 is 0 Å². The molecule has 1 heterocycles. The molecular formula is C12H17N3O. The van der Waals surface area contributed by atoms with Crippen molar-refractivity contribution in [2.75, 3.05) is 26.2 Å². The molecular weight excluding hydrogens is 202 g/mol. The summed E-state index contributed by atoms with van der Waals surface area (Å²) >= 11 is 0. The topological polar surface area (TPSA) is 47.9 Å². The Labute approximate surface area is 95.6 Å². The Hall–Kier alpha value is -1.55. The molecule has 0 saturated heterocycles. The summed E-state index contributed by atoms with van der Waals surface area (Å²) in [4.78, 5) is 6.44. The van der Waals surface area contributed by atoms with Crippen molar-refractivity contribution in [3.63, 3.8) is 0 Å². The average molecular weight is 219 g/mol. The minimum Gasteiger partial charge on any atom is -0.395 e. The number of guanidine groups is 1. The number of aliphatic hydroxyl groups is 1. The van der Waals surface area contributed by atoms with Gasteiger partial charge in [-0.1, -0.05) is 30.3 Å². The molecule has 0 spiro atoms. The van der Waals surface area contributed by atoms with E-state index >= 15 is 0 Å². The van der Waals surface area contributed by atoms with E-state index in [9.17, 15) is 0 Å². The highest BCUT2D eigenvalue weighted by molar-refractivity contribution is 5.81. The van der Waals surface area contributed by atoms with Crippen molar-refractivity contribution in [1.29, 1.82) is 0 Å². The van der Waals surface area contributed by atoms with Crippen LogP contribution in [0.1, 0.15) is 5.56 Å². The molecule has 4 nitrogen and oxygen atoms in total. The summed E-state index contributed by atoms with van der Waals surface area (Å²) in [5.74, 6) is 0.901. The second kappa shape index (κ2) is 5.51. The van der Waals surface area contributed by atoms with E-state index in [0.717, 1.165) is 25.6 Å². The van der Waals surface area contributed by atoms with E-state index in [1.54, 1.807) is 0 Å². The molecule has 2 rings (SSSR count). The van der Waals surface area contributed by atoms with E-state index in [-0.39, 0.29) is 6.61 Å². The number of aliphatic hydroxyl groups excluding tert-OH is 1. The lowest BCUT2D eigenvalue weighted by Crippen LogP contribution is -2.39. The molecule has 0 fully saturated rings. The van der Waals surface area contributed by atoms with E-state index in [1.807, 2.05) is 18.2 Å². The average Bonchev–Trinajstić information content (AvgIpc) is 2.76. The fourth-order valence-corrected chi connectivity index (χ4v) is 1.77. The summed E-state index contributed by atoms with van der Waals surface area (Å²) in [6.07, 6.45) is 0. The van der Waals surface area contributed by atoms with Crippen molar-refractivity contribution in [3.05, 3.63) is 35.9 Å². The number of nitrogens with zero attached hydrogens (tertiary/aromatic N) is 2. The summed E-state index contributed by atoms with van der Waals surface area (Å²) in [6.45, 7) is 3.32. The van der Waals surface area contributed by atoms with Crippen LogP contribution in [0, 0.1) is 0 Å². The van der Waals surface area contributed by atoms with Crippen LogP contribution in [0.25, 0.3) is 0 Å². The van der Waals surface area contributed by atoms with Gasteiger partial charge in [0.05, 0.1) is 13.2 Å². The second-order valence-electron chi connectivity index (χ2n) is 3.76. The van der Waals surface area contributed by atoms with Crippen LogP contribution in [0.2, 0.25) is 0 Å². The number of aliphatic imine (C=N–C) groups is 1. The first-order valence-electron chi connectivity index (χ1n) is 5.58. The third kappa shape index (κ3) is 2.73. The summed E-state index contributed by atoms with van der Waals surface area (Å²) < 4.78 is 0. The van der Waals surface area contributed by atoms with Crippen molar-refractivity contribution in [1.82, 2.24) is 10.2 Å². The first-order valence-corrected chi connectivity index (χ1v) is 5.58. The van der Waals surface area contributed by atoms with Gasteiger partial charge < -0.3 is 15.3 Å². The van der Waals surface area contributed by atoms with Crippen molar-refractivity contribution < 1.29 is 5.11 Å². The second-order valence-corrected chi connectivity index (χ2v) is 3.76. The third-order valence-electron chi connectivity index (χ3n) is 2.59. The number of nitrogens with one attached hydrogen (secondary N) is 1. The lowest BCUT2D eigenvalue weighted by atomic mass is 10.2. The van der Waals surface area contributed by atoms with E-state index in [2.05, 4.69) is 27.3 Å². The highest BCUT2D eigenvalue weighted by atomic mass is 16.3. The number of benzene rings is 1. The zero-order chi connectivity index (χ0) is 11.2. The maximum Gasteiger partial charge on any atom is 0.194 e. The predicted octanol–water partition coefficient (Wildman–Crippen LogP) is 0.440. The maximum absolute atomic E-state index is 8.91.